The summed E-state index contributed by atoms with van der Waals surface area (Å²) >= 11 is 0. The van der Waals surface area contributed by atoms with Crippen molar-refractivity contribution < 1.29 is 4.79 Å². The highest BCUT2D eigenvalue weighted by Gasteiger charge is 2.17. The van der Waals surface area contributed by atoms with Crippen LogP contribution in [0.5, 0.6) is 0 Å². The van der Waals surface area contributed by atoms with E-state index in [1.807, 2.05) is 44.1 Å². The van der Waals surface area contributed by atoms with Crippen LogP contribution in [0.25, 0.3) is 0 Å². The second kappa shape index (κ2) is 21.8. The van der Waals surface area contributed by atoms with Crippen LogP contribution in [0.1, 0.15) is 68.7 Å². The van der Waals surface area contributed by atoms with E-state index in [9.17, 15) is 4.79 Å². The molecule has 0 atom stereocenters. The van der Waals surface area contributed by atoms with Gasteiger partial charge in [-0.05, 0) is 68.5 Å². The lowest BCUT2D eigenvalue weighted by Crippen LogP contribution is -2.41. The van der Waals surface area contributed by atoms with Crippen molar-refractivity contribution in [1.82, 2.24) is 15.1 Å². The van der Waals surface area contributed by atoms with Crippen LogP contribution in [0.2, 0.25) is 0 Å². The highest BCUT2D eigenvalue weighted by atomic mass is 16.2. The van der Waals surface area contributed by atoms with Crippen LogP contribution in [0.4, 0.5) is 0 Å². The monoisotopic (exact) mass is 463 g/mol. The van der Waals surface area contributed by atoms with E-state index in [2.05, 4.69) is 70.3 Å². The molecule has 0 aliphatic rings. The fourth-order valence-corrected chi connectivity index (χ4v) is 2.21. The number of likely N-dealkylation sites (N-methyl/N-ethyl adjacent to an activating group) is 1. The van der Waals surface area contributed by atoms with E-state index in [4.69, 9.17) is 5.41 Å². The third-order valence-corrected chi connectivity index (χ3v) is 3.99. The summed E-state index contributed by atoms with van der Waals surface area (Å²) < 4.78 is 0. The molecule has 6 heteroatoms. The second-order valence-electron chi connectivity index (χ2n) is 9.77. The molecular formula is C27H53N5O. The summed E-state index contributed by atoms with van der Waals surface area (Å²) in [7, 11) is 4.07. The summed E-state index contributed by atoms with van der Waals surface area (Å²) in [4.78, 5) is 20.0. The van der Waals surface area contributed by atoms with Gasteiger partial charge in [0.25, 0.3) is 0 Å². The van der Waals surface area contributed by atoms with Gasteiger partial charge in [0.15, 0.2) is 0 Å². The van der Waals surface area contributed by atoms with Crippen LogP contribution >= 0.6 is 0 Å². The van der Waals surface area contributed by atoms with Gasteiger partial charge in [0.1, 0.15) is 0 Å². The minimum absolute atomic E-state index is 0.143. The average molecular weight is 464 g/mol. The maximum Gasteiger partial charge on any atom is 0.223 e. The maximum atomic E-state index is 11.9. The molecule has 0 aromatic rings. The van der Waals surface area contributed by atoms with Gasteiger partial charge in [0.05, 0.1) is 5.71 Å². The number of hydrogen-bond donors (Lipinski definition) is 2. The standard InChI is InChI=1S/C12H26N2O.C10H19N3.C5H8/c1-10(2)9-12(15)14(11(3)4)8-7-13(5)6;1-9(8-11)12-6-5-7-13-10(2,3)4;1-3-5-4-2/h10-11H,7-9H2,1-6H3;5-6,8,11,13H,7H2,1-4H3;3-5H,1H2,2H3/b;6-5+,11-8?,12-9?;5-4-. The lowest BCUT2D eigenvalue weighted by atomic mass is 10.1. The quantitative estimate of drug-likeness (QED) is 0.310. The van der Waals surface area contributed by atoms with E-state index in [-0.39, 0.29) is 11.4 Å². The van der Waals surface area contributed by atoms with E-state index in [0.29, 0.717) is 24.1 Å². The summed E-state index contributed by atoms with van der Waals surface area (Å²) in [5.74, 6) is 0.722. The molecule has 0 rings (SSSR count). The van der Waals surface area contributed by atoms with Crippen molar-refractivity contribution in [3.8, 4) is 0 Å². The zero-order valence-electron chi connectivity index (χ0n) is 23.4. The van der Waals surface area contributed by atoms with Crippen LogP contribution in [0.3, 0.4) is 0 Å². The average Bonchev–Trinajstić information content (AvgIpc) is 2.67. The first-order chi connectivity index (χ1) is 15.2. The highest BCUT2D eigenvalue weighted by molar-refractivity contribution is 6.28. The molecular weight excluding hydrogens is 410 g/mol. The molecule has 0 saturated heterocycles. The minimum atomic E-state index is 0.143. The van der Waals surface area contributed by atoms with Crippen molar-refractivity contribution in [2.24, 2.45) is 10.9 Å². The van der Waals surface area contributed by atoms with Crippen LogP contribution in [-0.2, 0) is 4.79 Å². The van der Waals surface area contributed by atoms with Crippen LogP contribution in [0.15, 0.2) is 42.1 Å². The Morgan fingerprint density at radius 2 is 1.73 bits per heavy atom. The van der Waals surface area contributed by atoms with Crippen molar-refractivity contribution >= 4 is 17.8 Å². The third kappa shape index (κ3) is 29.9. The van der Waals surface area contributed by atoms with E-state index in [0.717, 1.165) is 19.6 Å². The lowest BCUT2D eigenvalue weighted by molar-refractivity contribution is -0.133. The van der Waals surface area contributed by atoms with Crippen molar-refractivity contribution in [1.29, 1.82) is 5.41 Å². The second-order valence-corrected chi connectivity index (χ2v) is 9.77. The Morgan fingerprint density at radius 1 is 1.15 bits per heavy atom. The molecule has 0 aliphatic heterocycles. The van der Waals surface area contributed by atoms with Crippen LogP contribution in [-0.4, -0.2) is 72.9 Å². The van der Waals surface area contributed by atoms with E-state index in [1.54, 1.807) is 19.2 Å². The molecule has 0 fully saturated rings. The molecule has 2 N–H and O–H groups in total. The molecule has 0 aromatic heterocycles. The Balaban J connectivity index is -0.000000456. The molecule has 0 saturated carbocycles. The fraction of sp³-hybridized carbons (Fsp3) is 0.667. The summed E-state index contributed by atoms with van der Waals surface area (Å²) in [5, 5.41) is 10.2. The number of carbonyl (C=O) groups is 1. The Bertz CT molecular complexity index is 596. The summed E-state index contributed by atoms with van der Waals surface area (Å²) in [6, 6.07) is 0.302. The van der Waals surface area contributed by atoms with Crippen molar-refractivity contribution in [3.05, 3.63) is 37.1 Å². The summed E-state index contributed by atoms with van der Waals surface area (Å²) in [6.07, 6.45) is 11.1. The summed E-state index contributed by atoms with van der Waals surface area (Å²) in [6.45, 7) is 24.5. The summed E-state index contributed by atoms with van der Waals surface area (Å²) in [5.41, 5.74) is 0.858. The number of nitrogens with one attached hydrogen (secondary N) is 2. The molecule has 0 radical (unpaired) electrons. The zero-order valence-corrected chi connectivity index (χ0v) is 23.4. The van der Waals surface area contributed by atoms with Gasteiger partial charge in [-0.2, -0.15) is 0 Å². The van der Waals surface area contributed by atoms with Gasteiger partial charge in [-0.3, -0.25) is 9.79 Å². The Labute approximate surface area is 205 Å². The predicted octanol–water partition coefficient (Wildman–Crippen LogP) is 5.58. The van der Waals surface area contributed by atoms with E-state index < -0.39 is 0 Å². The molecule has 0 unspecified atom stereocenters. The molecule has 1 amide bonds. The Morgan fingerprint density at radius 3 is 2.06 bits per heavy atom. The van der Waals surface area contributed by atoms with Crippen molar-refractivity contribution in [3.63, 3.8) is 0 Å². The minimum Gasteiger partial charge on any atom is -0.339 e. The maximum absolute atomic E-state index is 11.9. The number of nitrogens with zero attached hydrogens (tertiary/aromatic N) is 3. The van der Waals surface area contributed by atoms with Gasteiger partial charge in [-0.1, -0.05) is 44.7 Å². The Kier molecular flexibility index (Phi) is 23.5. The molecule has 6 nitrogen and oxygen atoms in total. The van der Waals surface area contributed by atoms with Gasteiger partial charge in [-0.25, -0.2) is 0 Å². The van der Waals surface area contributed by atoms with Gasteiger partial charge in [0, 0.05) is 50.1 Å². The van der Waals surface area contributed by atoms with Crippen molar-refractivity contribution in [2.75, 3.05) is 33.7 Å². The molecule has 0 aromatic carbocycles. The Hall–Kier alpha value is -2.05. The van der Waals surface area contributed by atoms with Gasteiger partial charge < -0.3 is 20.5 Å². The fourth-order valence-electron chi connectivity index (χ4n) is 2.21. The number of carbonyl (C=O) groups excluding carboxylic acids is 1. The van der Waals surface area contributed by atoms with Gasteiger partial charge >= 0.3 is 0 Å². The molecule has 0 bridgehead atoms. The smallest absolute Gasteiger partial charge is 0.223 e. The number of aliphatic imine (C=N–C) groups is 1. The largest absolute Gasteiger partial charge is 0.339 e. The number of allylic oxidation sites excluding steroid dienone is 3. The van der Waals surface area contributed by atoms with Crippen LogP contribution in [0, 0.1) is 11.3 Å². The molecule has 33 heavy (non-hydrogen) atoms. The SMILES string of the molecule is C=C/C=C\C.CC(C)CC(=O)N(CCN(C)C)C(C)C.CC(C=N)=N/C=C/CNC(C)(C)C. The van der Waals surface area contributed by atoms with Gasteiger partial charge in [-0.15, -0.1) is 0 Å². The first-order valence-electron chi connectivity index (χ1n) is 11.8. The topological polar surface area (TPSA) is 71.8 Å². The number of hydrogen-bond acceptors (Lipinski definition) is 5. The predicted molar refractivity (Wildman–Crippen MR) is 149 cm³/mol. The van der Waals surface area contributed by atoms with Crippen molar-refractivity contribution in [2.45, 2.75) is 80.3 Å². The van der Waals surface area contributed by atoms with E-state index in [1.165, 1.54) is 6.21 Å². The number of amides is 1. The molecule has 0 aliphatic carbocycles. The first-order valence-corrected chi connectivity index (χ1v) is 11.8. The molecule has 192 valence electrons. The van der Waals surface area contributed by atoms with E-state index >= 15 is 0 Å². The highest BCUT2D eigenvalue weighted by Crippen LogP contribution is 2.07. The van der Waals surface area contributed by atoms with Gasteiger partial charge in [0.2, 0.25) is 5.91 Å². The molecule has 0 heterocycles. The van der Waals surface area contributed by atoms with Crippen LogP contribution < -0.4 is 5.32 Å². The normalized spacial score (nSPS) is 12.0. The molecule has 0 spiro atoms. The number of rotatable bonds is 11. The zero-order chi connectivity index (χ0) is 26.4. The first kappa shape index (κ1) is 35.5. The lowest BCUT2D eigenvalue weighted by Gasteiger charge is -2.28. The third-order valence-electron chi connectivity index (χ3n) is 3.99.